The van der Waals surface area contributed by atoms with Gasteiger partial charge in [-0.3, -0.25) is 4.79 Å². The van der Waals surface area contributed by atoms with E-state index in [0.29, 0.717) is 30.3 Å². The number of carbonyl (C=O) groups excluding carboxylic acids is 1. The predicted octanol–water partition coefficient (Wildman–Crippen LogP) is 1.66. The average Bonchev–Trinajstić information content (AvgIpc) is 3.06. The quantitative estimate of drug-likeness (QED) is 0.743. The standard InChI is InChI=1S/C16H14FN5O2/c17-13-5-7-14(8-6-13)24-10-9-22-20-16(19-21-22)12-3-1-11(2-4-12)15(18)23/h1-8H,9-10H2,(H2,18,23). The molecule has 122 valence electrons. The van der Waals surface area contributed by atoms with Crippen molar-refractivity contribution in [3.63, 3.8) is 0 Å². The molecule has 24 heavy (non-hydrogen) atoms. The van der Waals surface area contributed by atoms with Crippen molar-refractivity contribution in [3.8, 4) is 17.1 Å². The van der Waals surface area contributed by atoms with Gasteiger partial charge in [0.25, 0.3) is 0 Å². The highest BCUT2D eigenvalue weighted by atomic mass is 19.1. The van der Waals surface area contributed by atoms with Gasteiger partial charge in [0.15, 0.2) is 0 Å². The number of aromatic nitrogens is 4. The molecule has 0 spiro atoms. The number of tetrazole rings is 1. The number of halogens is 1. The van der Waals surface area contributed by atoms with Crippen LogP contribution in [-0.4, -0.2) is 32.7 Å². The second-order valence-corrected chi connectivity index (χ2v) is 4.95. The van der Waals surface area contributed by atoms with E-state index in [0.717, 1.165) is 5.56 Å². The summed E-state index contributed by atoms with van der Waals surface area (Å²) in [6.07, 6.45) is 0. The summed E-state index contributed by atoms with van der Waals surface area (Å²) in [6, 6.07) is 12.4. The molecule has 1 amide bonds. The van der Waals surface area contributed by atoms with Crippen LogP contribution in [0.2, 0.25) is 0 Å². The van der Waals surface area contributed by atoms with E-state index in [1.54, 1.807) is 36.4 Å². The molecule has 8 heteroatoms. The molecular formula is C16H14FN5O2. The molecule has 0 fully saturated rings. The smallest absolute Gasteiger partial charge is 0.248 e. The van der Waals surface area contributed by atoms with Gasteiger partial charge in [-0.05, 0) is 41.6 Å². The lowest BCUT2D eigenvalue weighted by molar-refractivity contribution is 0.100. The van der Waals surface area contributed by atoms with Crippen LogP contribution in [0.3, 0.4) is 0 Å². The third-order valence-electron chi connectivity index (χ3n) is 3.25. The molecule has 7 nitrogen and oxygen atoms in total. The first kappa shape index (κ1) is 15.6. The van der Waals surface area contributed by atoms with Crippen molar-refractivity contribution in [2.45, 2.75) is 6.54 Å². The number of amides is 1. The number of rotatable bonds is 6. The maximum absolute atomic E-state index is 12.8. The van der Waals surface area contributed by atoms with Gasteiger partial charge in [-0.1, -0.05) is 12.1 Å². The van der Waals surface area contributed by atoms with Crippen LogP contribution < -0.4 is 10.5 Å². The van der Waals surface area contributed by atoms with Crippen molar-refractivity contribution in [2.75, 3.05) is 6.61 Å². The second kappa shape index (κ2) is 6.86. The number of hydrogen-bond donors (Lipinski definition) is 1. The summed E-state index contributed by atoms with van der Waals surface area (Å²) < 4.78 is 18.3. The maximum atomic E-state index is 12.8. The summed E-state index contributed by atoms with van der Waals surface area (Å²) >= 11 is 0. The van der Waals surface area contributed by atoms with E-state index in [2.05, 4.69) is 15.4 Å². The number of nitrogens with zero attached hydrogens (tertiary/aromatic N) is 4. The van der Waals surface area contributed by atoms with Gasteiger partial charge in [0, 0.05) is 11.1 Å². The van der Waals surface area contributed by atoms with Crippen LogP contribution in [-0.2, 0) is 6.54 Å². The van der Waals surface area contributed by atoms with Crippen LogP contribution >= 0.6 is 0 Å². The lowest BCUT2D eigenvalue weighted by atomic mass is 10.1. The molecule has 2 aromatic carbocycles. The number of carbonyl (C=O) groups is 1. The van der Waals surface area contributed by atoms with Crippen molar-refractivity contribution in [1.82, 2.24) is 20.2 Å². The van der Waals surface area contributed by atoms with Gasteiger partial charge in [0.2, 0.25) is 11.7 Å². The highest BCUT2D eigenvalue weighted by Crippen LogP contribution is 2.14. The number of hydrogen-bond acceptors (Lipinski definition) is 5. The maximum Gasteiger partial charge on any atom is 0.248 e. The zero-order valence-electron chi connectivity index (χ0n) is 12.6. The molecule has 1 heterocycles. The molecule has 0 radical (unpaired) electrons. The zero-order valence-corrected chi connectivity index (χ0v) is 12.6. The summed E-state index contributed by atoms with van der Waals surface area (Å²) in [6.45, 7) is 0.714. The van der Waals surface area contributed by atoms with E-state index in [1.807, 2.05) is 0 Å². The number of benzene rings is 2. The fourth-order valence-corrected chi connectivity index (χ4v) is 2.01. The Morgan fingerprint density at radius 3 is 2.50 bits per heavy atom. The Morgan fingerprint density at radius 1 is 1.12 bits per heavy atom. The minimum atomic E-state index is -0.490. The molecule has 0 atom stereocenters. The van der Waals surface area contributed by atoms with Crippen molar-refractivity contribution in [1.29, 1.82) is 0 Å². The molecular weight excluding hydrogens is 313 g/mol. The van der Waals surface area contributed by atoms with Crippen LogP contribution in [0.1, 0.15) is 10.4 Å². The summed E-state index contributed by atoms with van der Waals surface area (Å²) in [5, 5.41) is 12.1. The minimum Gasteiger partial charge on any atom is -0.492 e. The van der Waals surface area contributed by atoms with Gasteiger partial charge >= 0.3 is 0 Å². The Labute approximate surface area is 136 Å². The fourth-order valence-electron chi connectivity index (χ4n) is 2.01. The fraction of sp³-hybridized carbons (Fsp3) is 0.125. The van der Waals surface area contributed by atoms with Gasteiger partial charge < -0.3 is 10.5 Å². The Kier molecular flexibility index (Phi) is 4.46. The zero-order chi connectivity index (χ0) is 16.9. The summed E-state index contributed by atoms with van der Waals surface area (Å²) in [7, 11) is 0. The Hall–Kier alpha value is -3.29. The minimum absolute atomic E-state index is 0.313. The van der Waals surface area contributed by atoms with Crippen LogP contribution in [0.5, 0.6) is 5.75 Å². The number of primary amides is 1. The van der Waals surface area contributed by atoms with Gasteiger partial charge in [-0.15, -0.1) is 10.2 Å². The molecule has 0 aliphatic heterocycles. The van der Waals surface area contributed by atoms with Gasteiger partial charge in [0.05, 0.1) is 6.54 Å². The first-order valence-corrected chi connectivity index (χ1v) is 7.18. The third kappa shape index (κ3) is 3.72. The molecule has 2 N–H and O–H groups in total. The largest absolute Gasteiger partial charge is 0.492 e. The molecule has 0 aliphatic rings. The molecule has 3 rings (SSSR count). The highest BCUT2D eigenvalue weighted by Gasteiger charge is 2.07. The van der Waals surface area contributed by atoms with Crippen molar-refractivity contribution in [3.05, 3.63) is 59.9 Å². The molecule has 0 saturated heterocycles. The van der Waals surface area contributed by atoms with E-state index in [-0.39, 0.29) is 5.82 Å². The Balaban J connectivity index is 1.59. The second-order valence-electron chi connectivity index (χ2n) is 4.95. The van der Waals surface area contributed by atoms with E-state index in [4.69, 9.17) is 10.5 Å². The third-order valence-corrected chi connectivity index (χ3v) is 3.25. The van der Waals surface area contributed by atoms with E-state index in [9.17, 15) is 9.18 Å². The molecule has 0 bridgehead atoms. The first-order chi connectivity index (χ1) is 11.6. The van der Waals surface area contributed by atoms with Crippen molar-refractivity contribution < 1.29 is 13.9 Å². The number of nitrogens with two attached hydrogens (primary N) is 1. The SMILES string of the molecule is NC(=O)c1ccc(-c2nnn(CCOc3ccc(F)cc3)n2)cc1. The summed E-state index contributed by atoms with van der Waals surface area (Å²) in [5.74, 6) is 0.204. The molecule has 0 aliphatic carbocycles. The topological polar surface area (TPSA) is 95.9 Å². The Bertz CT molecular complexity index is 830. The lowest BCUT2D eigenvalue weighted by Gasteiger charge is -2.04. The first-order valence-electron chi connectivity index (χ1n) is 7.18. The van der Waals surface area contributed by atoms with Crippen LogP contribution in [0.4, 0.5) is 4.39 Å². The monoisotopic (exact) mass is 327 g/mol. The van der Waals surface area contributed by atoms with Crippen molar-refractivity contribution >= 4 is 5.91 Å². The van der Waals surface area contributed by atoms with Crippen molar-refractivity contribution in [2.24, 2.45) is 5.73 Å². The lowest BCUT2D eigenvalue weighted by Crippen LogP contribution is -2.11. The normalized spacial score (nSPS) is 10.5. The Morgan fingerprint density at radius 2 is 1.83 bits per heavy atom. The summed E-state index contributed by atoms with van der Waals surface area (Å²) in [5.41, 5.74) is 6.34. The van der Waals surface area contributed by atoms with Gasteiger partial charge in [-0.25, -0.2) is 4.39 Å². The molecule has 0 saturated carbocycles. The average molecular weight is 327 g/mol. The predicted molar refractivity (Wildman–Crippen MR) is 83.7 cm³/mol. The van der Waals surface area contributed by atoms with Crippen LogP contribution in [0, 0.1) is 5.82 Å². The van der Waals surface area contributed by atoms with Crippen LogP contribution in [0.15, 0.2) is 48.5 Å². The molecule has 0 unspecified atom stereocenters. The van der Waals surface area contributed by atoms with Gasteiger partial charge in [0.1, 0.15) is 18.2 Å². The van der Waals surface area contributed by atoms with E-state index >= 15 is 0 Å². The molecule has 1 aromatic heterocycles. The van der Waals surface area contributed by atoms with Crippen LogP contribution in [0.25, 0.3) is 11.4 Å². The highest BCUT2D eigenvalue weighted by molar-refractivity contribution is 5.93. The van der Waals surface area contributed by atoms with E-state index < -0.39 is 5.91 Å². The van der Waals surface area contributed by atoms with E-state index in [1.165, 1.54) is 16.9 Å². The molecule has 3 aromatic rings. The van der Waals surface area contributed by atoms with Gasteiger partial charge in [-0.2, -0.15) is 4.80 Å². The number of ether oxygens (including phenoxy) is 1. The summed E-state index contributed by atoms with van der Waals surface area (Å²) in [4.78, 5) is 12.5.